The van der Waals surface area contributed by atoms with Crippen molar-refractivity contribution >= 4 is 16.2 Å². The van der Waals surface area contributed by atoms with Crippen LogP contribution in [0, 0.1) is 0 Å². The molecule has 0 fully saturated rings. The van der Waals surface area contributed by atoms with Gasteiger partial charge < -0.3 is 4.74 Å². The molecule has 14 heavy (non-hydrogen) atoms. The molecule has 0 bridgehead atoms. The van der Waals surface area contributed by atoms with Gasteiger partial charge in [-0.25, -0.2) is 4.72 Å². The predicted octanol–water partition coefficient (Wildman–Crippen LogP) is -0.664. The van der Waals surface area contributed by atoms with Crippen molar-refractivity contribution < 1.29 is 17.9 Å². The molecular formula is C7H16N2O4S. The average Bonchev–Trinajstić information content (AvgIpc) is 2.18. The fourth-order valence-corrected chi connectivity index (χ4v) is 1.83. The highest BCUT2D eigenvalue weighted by atomic mass is 32.2. The zero-order valence-corrected chi connectivity index (χ0v) is 9.43. The van der Waals surface area contributed by atoms with Crippen LogP contribution in [0.2, 0.25) is 0 Å². The Morgan fingerprint density at radius 1 is 1.50 bits per heavy atom. The fourth-order valence-electron chi connectivity index (χ4n) is 0.895. The third-order valence-corrected chi connectivity index (χ3v) is 3.38. The number of esters is 1. The van der Waals surface area contributed by atoms with Crippen LogP contribution in [0.4, 0.5) is 0 Å². The van der Waals surface area contributed by atoms with Crippen LogP contribution in [-0.4, -0.2) is 45.9 Å². The lowest BCUT2D eigenvalue weighted by molar-refractivity contribution is -0.140. The molecule has 1 N–H and O–H groups in total. The minimum absolute atomic E-state index is 0.0608. The topological polar surface area (TPSA) is 75.7 Å². The average molecular weight is 224 g/mol. The lowest BCUT2D eigenvalue weighted by Gasteiger charge is -2.18. The Morgan fingerprint density at radius 2 is 2.07 bits per heavy atom. The lowest BCUT2D eigenvalue weighted by atomic mass is 10.4. The van der Waals surface area contributed by atoms with Crippen LogP contribution in [0.25, 0.3) is 0 Å². The third-order valence-electron chi connectivity index (χ3n) is 1.74. The molecule has 7 heteroatoms. The number of hydrogen-bond donors (Lipinski definition) is 1. The largest absolute Gasteiger partial charge is 0.469 e. The van der Waals surface area contributed by atoms with Crippen molar-refractivity contribution in [3.63, 3.8) is 0 Å². The van der Waals surface area contributed by atoms with E-state index in [4.69, 9.17) is 0 Å². The molecular weight excluding hydrogens is 208 g/mol. The summed E-state index contributed by atoms with van der Waals surface area (Å²) in [6.07, 6.45) is 0.0608. The maximum atomic E-state index is 11.3. The van der Waals surface area contributed by atoms with E-state index >= 15 is 0 Å². The molecule has 0 aliphatic rings. The number of rotatable bonds is 6. The van der Waals surface area contributed by atoms with Crippen LogP contribution < -0.4 is 4.72 Å². The second kappa shape index (κ2) is 5.94. The summed E-state index contributed by atoms with van der Waals surface area (Å²) in [5, 5.41) is 0. The van der Waals surface area contributed by atoms with Crippen LogP contribution in [0.1, 0.15) is 13.3 Å². The fraction of sp³-hybridized carbons (Fsp3) is 0.857. The summed E-state index contributed by atoms with van der Waals surface area (Å²) in [4.78, 5) is 10.8. The van der Waals surface area contributed by atoms with Gasteiger partial charge in [-0.1, -0.05) is 6.92 Å². The number of carbonyl (C=O) groups excluding carboxylic acids is 1. The SMILES string of the molecule is CCN(CCC(=O)OC)S(=O)(=O)NC. The van der Waals surface area contributed by atoms with Gasteiger partial charge >= 0.3 is 5.97 Å². The van der Waals surface area contributed by atoms with Gasteiger partial charge in [-0.2, -0.15) is 12.7 Å². The molecule has 0 radical (unpaired) electrons. The summed E-state index contributed by atoms with van der Waals surface area (Å²) < 4.78 is 30.3. The van der Waals surface area contributed by atoms with Crippen LogP contribution in [0.5, 0.6) is 0 Å². The monoisotopic (exact) mass is 224 g/mol. The van der Waals surface area contributed by atoms with Crippen molar-refractivity contribution in [2.45, 2.75) is 13.3 Å². The van der Waals surface area contributed by atoms with E-state index in [2.05, 4.69) is 9.46 Å². The van der Waals surface area contributed by atoms with E-state index in [-0.39, 0.29) is 13.0 Å². The second-order valence-electron chi connectivity index (χ2n) is 2.53. The highest BCUT2D eigenvalue weighted by molar-refractivity contribution is 7.87. The van der Waals surface area contributed by atoms with Crippen LogP contribution in [0.15, 0.2) is 0 Å². The van der Waals surface area contributed by atoms with E-state index in [1.165, 1.54) is 18.5 Å². The van der Waals surface area contributed by atoms with Gasteiger partial charge in [-0.3, -0.25) is 4.79 Å². The van der Waals surface area contributed by atoms with Crippen LogP contribution in [0.3, 0.4) is 0 Å². The predicted molar refractivity (Wildman–Crippen MR) is 51.9 cm³/mol. The van der Waals surface area contributed by atoms with Gasteiger partial charge in [0, 0.05) is 20.1 Å². The first-order valence-electron chi connectivity index (χ1n) is 4.23. The molecule has 0 aromatic rings. The summed E-state index contributed by atoms with van der Waals surface area (Å²) in [7, 11) is -0.840. The number of nitrogens with one attached hydrogen (secondary N) is 1. The molecule has 0 atom stereocenters. The minimum Gasteiger partial charge on any atom is -0.469 e. The van der Waals surface area contributed by atoms with Gasteiger partial charge in [0.15, 0.2) is 0 Å². The number of methoxy groups -OCH3 is 1. The number of nitrogens with zero attached hydrogens (tertiary/aromatic N) is 1. The zero-order chi connectivity index (χ0) is 11.2. The summed E-state index contributed by atoms with van der Waals surface area (Å²) in [6.45, 7) is 2.15. The van der Waals surface area contributed by atoms with E-state index in [9.17, 15) is 13.2 Å². The van der Waals surface area contributed by atoms with Crippen molar-refractivity contribution in [1.82, 2.24) is 9.03 Å². The van der Waals surface area contributed by atoms with Crippen LogP contribution in [-0.2, 0) is 19.7 Å². The first kappa shape index (κ1) is 13.3. The Balaban J connectivity index is 4.24. The smallest absolute Gasteiger partial charge is 0.306 e. The molecule has 0 saturated heterocycles. The maximum Gasteiger partial charge on any atom is 0.306 e. The van der Waals surface area contributed by atoms with Gasteiger partial charge in [0.1, 0.15) is 0 Å². The highest BCUT2D eigenvalue weighted by Gasteiger charge is 2.18. The van der Waals surface area contributed by atoms with Crippen molar-refractivity contribution in [3.8, 4) is 0 Å². The number of ether oxygens (including phenoxy) is 1. The molecule has 0 aliphatic heterocycles. The Morgan fingerprint density at radius 3 is 2.43 bits per heavy atom. The van der Waals surface area contributed by atoms with Gasteiger partial charge in [-0.05, 0) is 0 Å². The Kier molecular flexibility index (Phi) is 5.66. The molecule has 6 nitrogen and oxygen atoms in total. The molecule has 0 saturated carbocycles. The first-order valence-corrected chi connectivity index (χ1v) is 5.67. The highest BCUT2D eigenvalue weighted by Crippen LogP contribution is 1.99. The summed E-state index contributed by atoms with van der Waals surface area (Å²) in [5.74, 6) is -0.422. The summed E-state index contributed by atoms with van der Waals surface area (Å²) in [6, 6.07) is 0. The molecule has 0 aromatic carbocycles. The van der Waals surface area contributed by atoms with E-state index in [0.29, 0.717) is 6.54 Å². The number of hydrogen-bond acceptors (Lipinski definition) is 4. The standard InChI is InChI=1S/C7H16N2O4S/c1-4-9(14(11,12)8-2)6-5-7(10)13-3/h8H,4-6H2,1-3H3. The van der Waals surface area contributed by atoms with Crippen LogP contribution >= 0.6 is 0 Å². The molecule has 84 valence electrons. The van der Waals surface area contributed by atoms with Crippen molar-refractivity contribution in [2.75, 3.05) is 27.2 Å². The first-order chi connectivity index (χ1) is 6.47. The Bertz CT molecular complexity index is 275. The van der Waals surface area contributed by atoms with E-state index in [0.717, 1.165) is 0 Å². The van der Waals surface area contributed by atoms with Crippen molar-refractivity contribution in [1.29, 1.82) is 0 Å². The van der Waals surface area contributed by atoms with E-state index in [1.54, 1.807) is 6.92 Å². The number of carbonyl (C=O) groups is 1. The van der Waals surface area contributed by atoms with Gasteiger partial charge in [-0.15, -0.1) is 0 Å². The second-order valence-corrected chi connectivity index (χ2v) is 4.40. The van der Waals surface area contributed by atoms with Crippen molar-refractivity contribution in [3.05, 3.63) is 0 Å². The molecule has 0 aromatic heterocycles. The van der Waals surface area contributed by atoms with Gasteiger partial charge in [0.2, 0.25) is 0 Å². The Hall–Kier alpha value is -0.660. The minimum atomic E-state index is -3.44. The van der Waals surface area contributed by atoms with Gasteiger partial charge in [0.05, 0.1) is 13.5 Å². The van der Waals surface area contributed by atoms with Crippen molar-refractivity contribution in [2.24, 2.45) is 0 Å². The third kappa shape index (κ3) is 4.03. The zero-order valence-electron chi connectivity index (χ0n) is 8.61. The summed E-state index contributed by atoms with van der Waals surface area (Å²) >= 11 is 0. The molecule has 0 aliphatic carbocycles. The summed E-state index contributed by atoms with van der Waals surface area (Å²) in [5.41, 5.74) is 0. The van der Waals surface area contributed by atoms with E-state index < -0.39 is 16.2 Å². The molecule has 0 rings (SSSR count). The van der Waals surface area contributed by atoms with Gasteiger partial charge in [0.25, 0.3) is 10.2 Å². The quantitative estimate of drug-likeness (QED) is 0.607. The normalized spacial score (nSPS) is 11.7. The maximum absolute atomic E-state index is 11.3. The molecule has 0 amide bonds. The van der Waals surface area contributed by atoms with E-state index in [1.807, 2.05) is 0 Å². The molecule has 0 spiro atoms. The Labute approximate surface area is 84.4 Å². The molecule has 0 heterocycles. The molecule has 0 unspecified atom stereocenters. The lowest BCUT2D eigenvalue weighted by Crippen LogP contribution is -2.40.